The molecule has 0 bridgehead atoms. The number of hydrogen-bond donors (Lipinski definition) is 0. The highest BCUT2D eigenvalue weighted by atomic mass is 16.3. The van der Waals surface area contributed by atoms with E-state index in [2.05, 4.69) is 6.58 Å². The Hall–Kier alpha value is -1.76. The normalized spacial score (nSPS) is 8.75. The van der Waals surface area contributed by atoms with E-state index in [1.165, 1.54) is 0 Å². The number of allylic oxidation sites excluding steroid dienone is 1. The summed E-state index contributed by atoms with van der Waals surface area (Å²) in [6.07, 6.45) is 5.75. The molecule has 0 aliphatic rings. The van der Waals surface area contributed by atoms with Crippen LogP contribution in [0.4, 0.5) is 0 Å². The zero-order chi connectivity index (χ0) is 16.0. The van der Waals surface area contributed by atoms with Gasteiger partial charge in [-0.25, -0.2) is 0 Å². The highest BCUT2D eigenvalue weighted by Crippen LogP contribution is 2.27. The summed E-state index contributed by atoms with van der Waals surface area (Å²) in [6, 6.07) is 7.99. The minimum Gasteiger partial charge on any atom is -0.456 e. The number of furan rings is 1. The molecule has 0 fully saturated rings. The third kappa shape index (κ3) is 5.48. The van der Waals surface area contributed by atoms with Crippen molar-refractivity contribution in [3.8, 4) is 0 Å². The van der Waals surface area contributed by atoms with Crippen molar-refractivity contribution in [2.45, 2.75) is 48.5 Å². The van der Waals surface area contributed by atoms with Crippen molar-refractivity contribution in [2.75, 3.05) is 0 Å². The lowest BCUT2D eigenvalue weighted by atomic mass is 10.1. The maximum atomic E-state index is 5.67. The summed E-state index contributed by atoms with van der Waals surface area (Å²) in [5, 5.41) is 1.12. The summed E-state index contributed by atoms with van der Waals surface area (Å²) in [6.45, 7) is 17.8. The molecule has 2 aromatic rings. The molecule has 0 N–H and O–H groups in total. The van der Waals surface area contributed by atoms with Gasteiger partial charge in [-0.15, -0.1) is 0 Å². The quantitative estimate of drug-likeness (QED) is 0.565. The van der Waals surface area contributed by atoms with Crippen LogP contribution in [0.2, 0.25) is 0 Å². The van der Waals surface area contributed by atoms with E-state index in [0.717, 1.165) is 22.3 Å². The molecule has 0 aliphatic heterocycles. The third-order valence-corrected chi connectivity index (χ3v) is 2.18. The first-order valence-electron chi connectivity index (χ1n) is 7.63. The molecule has 1 aromatic heterocycles. The van der Waals surface area contributed by atoms with E-state index >= 15 is 0 Å². The van der Waals surface area contributed by atoms with E-state index in [4.69, 9.17) is 4.42 Å². The van der Waals surface area contributed by atoms with Crippen molar-refractivity contribution >= 4 is 23.1 Å². The van der Waals surface area contributed by atoms with Crippen molar-refractivity contribution in [3.63, 3.8) is 0 Å². The second kappa shape index (κ2) is 13.7. The average molecular weight is 274 g/mol. The third-order valence-electron chi connectivity index (χ3n) is 2.18. The van der Waals surface area contributed by atoms with Gasteiger partial charge in [0.25, 0.3) is 0 Å². The van der Waals surface area contributed by atoms with Crippen LogP contribution in [-0.2, 0) is 0 Å². The number of hydrogen-bond acceptors (Lipinski definition) is 1. The Morgan fingerprint density at radius 1 is 0.950 bits per heavy atom. The number of para-hydroxylation sites is 1. The van der Waals surface area contributed by atoms with E-state index in [0.29, 0.717) is 0 Å². The Kier molecular flexibility index (Phi) is 14.0. The van der Waals surface area contributed by atoms with E-state index < -0.39 is 0 Å². The van der Waals surface area contributed by atoms with Crippen molar-refractivity contribution in [2.24, 2.45) is 0 Å². The molecule has 20 heavy (non-hydrogen) atoms. The SMILES string of the molecule is C=Cc1c(/C=C\C)oc2ccccc12.CC.CC.CC. The molecule has 1 aromatic carbocycles. The fraction of sp³-hybridized carbons (Fsp3) is 0.368. The first kappa shape index (κ1) is 20.6. The summed E-state index contributed by atoms with van der Waals surface area (Å²) in [5.74, 6) is 0.878. The molecule has 0 radical (unpaired) electrons. The second-order valence-corrected chi connectivity index (χ2v) is 3.08. The van der Waals surface area contributed by atoms with E-state index in [1.807, 2.05) is 91.0 Å². The van der Waals surface area contributed by atoms with Crippen LogP contribution in [-0.4, -0.2) is 0 Å². The molecule has 0 saturated carbocycles. The molecular formula is C19H30O. The van der Waals surface area contributed by atoms with Crippen LogP contribution in [0, 0.1) is 0 Å². The van der Waals surface area contributed by atoms with Gasteiger partial charge >= 0.3 is 0 Å². The van der Waals surface area contributed by atoms with Gasteiger partial charge < -0.3 is 4.42 Å². The van der Waals surface area contributed by atoms with Crippen molar-refractivity contribution in [1.29, 1.82) is 0 Å². The molecule has 0 aliphatic carbocycles. The van der Waals surface area contributed by atoms with Gasteiger partial charge in [0.15, 0.2) is 0 Å². The molecule has 1 heterocycles. The maximum absolute atomic E-state index is 5.67. The summed E-state index contributed by atoms with van der Waals surface area (Å²) in [4.78, 5) is 0. The molecule has 1 nitrogen and oxygen atoms in total. The standard InChI is InChI=1S/C13H12O.3C2H6/c1-3-7-12-10(4-2)11-8-5-6-9-13(11)14-12;3*1-2/h3-9H,2H2,1H3;3*1-2H3/b7-3-;;;. The van der Waals surface area contributed by atoms with Crippen molar-refractivity contribution in [3.05, 3.63) is 48.2 Å². The summed E-state index contributed by atoms with van der Waals surface area (Å²) >= 11 is 0. The monoisotopic (exact) mass is 274 g/mol. The zero-order valence-electron chi connectivity index (χ0n) is 14.2. The fourth-order valence-electron chi connectivity index (χ4n) is 1.57. The smallest absolute Gasteiger partial charge is 0.135 e. The molecular weight excluding hydrogens is 244 g/mol. The Balaban J connectivity index is 0. The molecule has 112 valence electrons. The van der Waals surface area contributed by atoms with E-state index in [1.54, 1.807) is 0 Å². The van der Waals surface area contributed by atoms with Crippen molar-refractivity contribution in [1.82, 2.24) is 0 Å². The average Bonchev–Trinajstić information content (AvgIpc) is 2.91. The van der Waals surface area contributed by atoms with Crippen LogP contribution >= 0.6 is 0 Å². The lowest BCUT2D eigenvalue weighted by Gasteiger charge is -1.88. The number of fused-ring (bicyclic) bond motifs is 1. The topological polar surface area (TPSA) is 13.1 Å². The summed E-state index contributed by atoms with van der Waals surface area (Å²) in [5.41, 5.74) is 1.98. The Morgan fingerprint density at radius 2 is 1.50 bits per heavy atom. The molecule has 0 atom stereocenters. The molecule has 1 heteroatoms. The Labute approximate surface area is 125 Å². The largest absolute Gasteiger partial charge is 0.456 e. The molecule has 0 saturated heterocycles. The second-order valence-electron chi connectivity index (χ2n) is 3.08. The zero-order valence-corrected chi connectivity index (χ0v) is 14.2. The Morgan fingerprint density at radius 3 is 2.00 bits per heavy atom. The summed E-state index contributed by atoms with van der Waals surface area (Å²) < 4.78 is 5.67. The van der Waals surface area contributed by atoms with Crippen LogP contribution in [0.1, 0.15) is 59.8 Å². The first-order valence-corrected chi connectivity index (χ1v) is 7.63. The highest BCUT2D eigenvalue weighted by molar-refractivity contribution is 5.90. The lowest BCUT2D eigenvalue weighted by molar-refractivity contribution is 0.603. The van der Waals surface area contributed by atoms with Gasteiger partial charge in [-0.05, 0) is 19.1 Å². The number of rotatable bonds is 2. The molecule has 0 spiro atoms. The highest BCUT2D eigenvalue weighted by Gasteiger charge is 2.07. The summed E-state index contributed by atoms with van der Waals surface area (Å²) in [7, 11) is 0. The predicted octanol–water partition coefficient (Wildman–Crippen LogP) is 7.19. The Bertz CT molecular complexity index is 489. The predicted molar refractivity (Wildman–Crippen MR) is 95.1 cm³/mol. The lowest BCUT2D eigenvalue weighted by Crippen LogP contribution is -1.70. The minimum absolute atomic E-state index is 0.878. The fourth-order valence-corrected chi connectivity index (χ4v) is 1.57. The maximum Gasteiger partial charge on any atom is 0.135 e. The van der Waals surface area contributed by atoms with Crippen LogP contribution in [0.15, 0.2) is 41.3 Å². The van der Waals surface area contributed by atoms with Crippen LogP contribution < -0.4 is 0 Å². The van der Waals surface area contributed by atoms with Gasteiger partial charge in [-0.1, -0.05) is 78.5 Å². The van der Waals surface area contributed by atoms with Gasteiger partial charge in [0, 0.05) is 10.9 Å². The van der Waals surface area contributed by atoms with Crippen LogP contribution in [0.5, 0.6) is 0 Å². The van der Waals surface area contributed by atoms with Gasteiger partial charge in [0.05, 0.1) is 0 Å². The molecule has 0 amide bonds. The van der Waals surface area contributed by atoms with Gasteiger partial charge in [-0.3, -0.25) is 0 Å². The number of benzene rings is 1. The van der Waals surface area contributed by atoms with Gasteiger partial charge in [0.2, 0.25) is 0 Å². The molecule has 0 unspecified atom stereocenters. The van der Waals surface area contributed by atoms with E-state index in [-0.39, 0.29) is 0 Å². The first-order chi connectivity index (χ1) is 9.86. The van der Waals surface area contributed by atoms with Gasteiger partial charge in [-0.2, -0.15) is 0 Å². The van der Waals surface area contributed by atoms with Crippen molar-refractivity contribution < 1.29 is 4.42 Å². The van der Waals surface area contributed by atoms with Gasteiger partial charge in [0.1, 0.15) is 11.3 Å². The molecule has 2 rings (SSSR count). The van der Waals surface area contributed by atoms with Crippen LogP contribution in [0.25, 0.3) is 23.1 Å². The minimum atomic E-state index is 0.878. The van der Waals surface area contributed by atoms with Crippen LogP contribution in [0.3, 0.4) is 0 Å². The van der Waals surface area contributed by atoms with E-state index in [9.17, 15) is 0 Å².